The second-order valence-corrected chi connectivity index (χ2v) is 4.85. The molecule has 2 aliphatic rings. The van der Waals surface area contributed by atoms with Gasteiger partial charge in [-0.2, -0.15) is 0 Å². The van der Waals surface area contributed by atoms with Crippen LogP contribution >= 0.6 is 0 Å². The minimum atomic E-state index is 0.634. The molecule has 2 saturated heterocycles. The molecule has 0 aromatic rings. The SMILES string of the molecule is CCN1CCC(CNC2CCOC2)CC1. The summed E-state index contributed by atoms with van der Waals surface area (Å²) < 4.78 is 5.36. The molecule has 0 aromatic carbocycles. The zero-order chi connectivity index (χ0) is 10.5. The largest absolute Gasteiger partial charge is 0.380 e. The number of hydrogen-bond acceptors (Lipinski definition) is 3. The first-order valence-corrected chi connectivity index (χ1v) is 6.42. The fourth-order valence-electron chi connectivity index (χ4n) is 2.54. The van der Waals surface area contributed by atoms with Crippen LogP contribution in [0.4, 0.5) is 0 Å². The van der Waals surface area contributed by atoms with Crippen molar-refractivity contribution in [1.29, 1.82) is 0 Å². The molecule has 0 bridgehead atoms. The Kier molecular flexibility index (Phi) is 4.42. The molecule has 2 rings (SSSR count). The molecule has 88 valence electrons. The zero-order valence-electron chi connectivity index (χ0n) is 9.87. The molecule has 2 heterocycles. The lowest BCUT2D eigenvalue weighted by Gasteiger charge is -2.31. The first-order valence-electron chi connectivity index (χ1n) is 6.42. The zero-order valence-corrected chi connectivity index (χ0v) is 9.87. The van der Waals surface area contributed by atoms with Gasteiger partial charge in [0.05, 0.1) is 6.61 Å². The monoisotopic (exact) mass is 212 g/mol. The van der Waals surface area contributed by atoms with Crippen molar-refractivity contribution in [1.82, 2.24) is 10.2 Å². The van der Waals surface area contributed by atoms with E-state index in [-0.39, 0.29) is 0 Å². The second-order valence-electron chi connectivity index (χ2n) is 4.85. The third-order valence-corrected chi connectivity index (χ3v) is 3.78. The van der Waals surface area contributed by atoms with E-state index in [4.69, 9.17) is 4.74 Å². The predicted molar refractivity (Wildman–Crippen MR) is 62.1 cm³/mol. The van der Waals surface area contributed by atoms with Gasteiger partial charge in [-0.1, -0.05) is 6.92 Å². The van der Waals surface area contributed by atoms with E-state index >= 15 is 0 Å². The molecule has 0 saturated carbocycles. The van der Waals surface area contributed by atoms with Crippen LogP contribution in [0.5, 0.6) is 0 Å². The molecule has 15 heavy (non-hydrogen) atoms. The molecular formula is C12H24N2O. The lowest BCUT2D eigenvalue weighted by molar-refractivity contribution is 0.176. The van der Waals surface area contributed by atoms with Gasteiger partial charge in [-0.15, -0.1) is 0 Å². The van der Waals surface area contributed by atoms with E-state index in [2.05, 4.69) is 17.1 Å². The summed E-state index contributed by atoms with van der Waals surface area (Å²) in [4.78, 5) is 2.55. The van der Waals surface area contributed by atoms with Gasteiger partial charge in [0.25, 0.3) is 0 Å². The maximum absolute atomic E-state index is 5.36. The fourth-order valence-corrected chi connectivity index (χ4v) is 2.54. The highest BCUT2D eigenvalue weighted by Gasteiger charge is 2.20. The molecule has 3 nitrogen and oxygen atoms in total. The van der Waals surface area contributed by atoms with Crippen LogP contribution in [-0.2, 0) is 4.74 Å². The van der Waals surface area contributed by atoms with Gasteiger partial charge in [0, 0.05) is 12.6 Å². The van der Waals surface area contributed by atoms with Crippen LogP contribution in [0.3, 0.4) is 0 Å². The molecular weight excluding hydrogens is 188 g/mol. The summed E-state index contributed by atoms with van der Waals surface area (Å²) >= 11 is 0. The highest BCUT2D eigenvalue weighted by Crippen LogP contribution is 2.16. The van der Waals surface area contributed by atoms with Crippen LogP contribution in [0.15, 0.2) is 0 Å². The number of nitrogens with one attached hydrogen (secondary N) is 1. The lowest BCUT2D eigenvalue weighted by atomic mass is 9.96. The first-order chi connectivity index (χ1) is 7.38. The topological polar surface area (TPSA) is 24.5 Å². The normalized spacial score (nSPS) is 29.8. The van der Waals surface area contributed by atoms with Crippen LogP contribution < -0.4 is 5.32 Å². The standard InChI is InChI=1S/C12H24N2O/c1-2-14-6-3-11(4-7-14)9-13-12-5-8-15-10-12/h11-13H,2-10H2,1H3. The molecule has 0 aliphatic carbocycles. The summed E-state index contributed by atoms with van der Waals surface area (Å²) in [5.74, 6) is 0.897. The fraction of sp³-hybridized carbons (Fsp3) is 1.00. The molecule has 1 unspecified atom stereocenters. The average molecular weight is 212 g/mol. The van der Waals surface area contributed by atoms with Gasteiger partial charge in [0.1, 0.15) is 0 Å². The Balaban J connectivity index is 1.59. The Bertz CT molecular complexity index is 172. The van der Waals surface area contributed by atoms with E-state index in [0.717, 1.165) is 19.1 Å². The summed E-state index contributed by atoms with van der Waals surface area (Å²) in [6.07, 6.45) is 3.94. The van der Waals surface area contributed by atoms with Crippen LogP contribution in [0, 0.1) is 5.92 Å². The Morgan fingerprint density at radius 3 is 2.67 bits per heavy atom. The van der Waals surface area contributed by atoms with E-state index < -0.39 is 0 Å². The number of likely N-dealkylation sites (tertiary alicyclic amines) is 1. The molecule has 0 radical (unpaired) electrons. The van der Waals surface area contributed by atoms with Crippen LogP contribution in [0.1, 0.15) is 26.2 Å². The highest BCUT2D eigenvalue weighted by atomic mass is 16.5. The molecule has 3 heteroatoms. The van der Waals surface area contributed by atoms with Crippen molar-refractivity contribution < 1.29 is 4.74 Å². The van der Waals surface area contributed by atoms with Crippen molar-refractivity contribution in [3.05, 3.63) is 0 Å². The maximum Gasteiger partial charge on any atom is 0.0620 e. The molecule has 2 fully saturated rings. The van der Waals surface area contributed by atoms with Crippen molar-refractivity contribution in [3.63, 3.8) is 0 Å². The third-order valence-electron chi connectivity index (χ3n) is 3.78. The number of piperidine rings is 1. The molecule has 0 amide bonds. The second kappa shape index (κ2) is 5.83. The summed E-state index contributed by atoms with van der Waals surface area (Å²) in [5.41, 5.74) is 0. The summed E-state index contributed by atoms with van der Waals surface area (Å²) in [7, 11) is 0. The Hall–Kier alpha value is -0.120. The minimum Gasteiger partial charge on any atom is -0.380 e. The maximum atomic E-state index is 5.36. The molecule has 1 atom stereocenters. The van der Waals surface area contributed by atoms with Gasteiger partial charge >= 0.3 is 0 Å². The van der Waals surface area contributed by atoms with Crippen LogP contribution in [-0.4, -0.2) is 50.3 Å². The van der Waals surface area contributed by atoms with E-state index in [1.54, 1.807) is 0 Å². The van der Waals surface area contributed by atoms with Crippen LogP contribution in [0.2, 0.25) is 0 Å². The van der Waals surface area contributed by atoms with Crippen molar-refractivity contribution in [2.24, 2.45) is 5.92 Å². The smallest absolute Gasteiger partial charge is 0.0620 e. The Morgan fingerprint density at radius 1 is 1.27 bits per heavy atom. The van der Waals surface area contributed by atoms with Gasteiger partial charge in [-0.3, -0.25) is 0 Å². The van der Waals surface area contributed by atoms with E-state index in [1.165, 1.54) is 45.4 Å². The average Bonchev–Trinajstić information content (AvgIpc) is 2.80. The van der Waals surface area contributed by atoms with E-state index in [9.17, 15) is 0 Å². The number of hydrogen-bond donors (Lipinski definition) is 1. The van der Waals surface area contributed by atoms with Crippen LogP contribution in [0.25, 0.3) is 0 Å². The van der Waals surface area contributed by atoms with Crippen molar-refractivity contribution >= 4 is 0 Å². The quantitative estimate of drug-likeness (QED) is 0.755. The summed E-state index contributed by atoms with van der Waals surface area (Å²) in [6, 6.07) is 0.634. The number of rotatable bonds is 4. The van der Waals surface area contributed by atoms with Gasteiger partial charge in [0.2, 0.25) is 0 Å². The Labute approximate surface area is 93.2 Å². The number of nitrogens with zero attached hydrogens (tertiary/aromatic N) is 1. The number of ether oxygens (including phenoxy) is 1. The highest BCUT2D eigenvalue weighted by molar-refractivity contribution is 4.77. The lowest BCUT2D eigenvalue weighted by Crippen LogP contribution is -2.39. The van der Waals surface area contributed by atoms with Gasteiger partial charge in [-0.25, -0.2) is 0 Å². The molecule has 0 spiro atoms. The van der Waals surface area contributed by atoms with Gasteiger partial charge in [-0.05, 0) is 51.4 Å². The summed E-state index contributed by atoms with van der Waals surface area (Å²) in [5, 5.41) is 3.64. The third kappa shape index (κ3) is 3.44. The molecule has 2 aliphatic heterocycles. The van der Waals surface area contributed by atoms with E-state index in [0.29, 0.717) is 6.04 Å². The van der Waals surface area contributed by atoms with Crippen molar-refractivity contribution in [3.8, 4) is 0 Å². The minimum absolute atomic E-state index is 0.634. The molecule has 0 aromatic heterocycles. The predicted octanol–water partition coefficient (Wildman–Crippen LogP) is 1.10. The van der Waals surface area contributed by atoms with Crippen molar-refractivity contribution in [2.45, 2.75) is 32.2 Å². The van der Waals surface area contributed by atoms with E-state index in [1.807, 2.05) is 0 Å². The van der Waals surface area contributed by atoms with Gasteiger partial charge < -0.3 is 15.0 Å². The summed E-state index contributed by atoms with van der Waals surface area (Å²) in [6.45, 7) is 9.14. The van der Waals surface area contributed by atoms with Gasteiger partial charge in [0.15, 0.2) is 0 Å². The first kappa shape index (κ1) is 11.4. The molecule has 1 N–H and O–H groups in total. The van der Waals surface area contributed by atoms with Crippen molar-refractivity contribution in [2.75, 3.05) is 39.4 Å². The Morgan fingerprint density at radius 2 is 2.07 bits per heavy atom.